The number of hydrogen-bond acceptors (Lipinski definition) is 3. The molecular formula is C13H17ClN4O. The molecule has 2 aromatic rings. The van der Waals surface area contributed by atoms with Crippen molar-refractivity contribution in [3.05, 3.63) is 45.6 Å². The molecule has 2 rings (SSSR count). The van der Waals surface area contributed by atoms with Gasteiger partial charge < -0.3 is 5.32 Å². The van der Waals surface area contributed by atoms with Crippen molar-refractivity contribution in [3.8, 4) is 0 Å². The molecule has 2 N–H and O–H groups in total. The summed E-state index contributed by atoms with van der Waals surface area (Å²) < 4.78 is 1.47. The standard InChI is InChI=1S/C13H17ClN4O/c1-2-3-8-18-13(19)16-12(17-18)9-15-11-6-4-10(14)5-7-11/h4-7,15H,2-3,8-9H2,1H3,(H,16,17,19). The second kappa shape index (κ2) is 6.43. The number of hydrogen-bond donors (Lipinski definition) is 2. The zero-order valence-corrected chi connectivity index (χ0v) is 11.6. The lowest BCUT2D eigenvalue weighted by atomic mass is 10.3. The van der Waals surface area contributed by atoms with Gasteiger partial charge in [0, 0.05) is 17.3 Å². The van der Waals surface area contributed by atoms with Gasteiger partial charge in [-0.1, -0.05) is 24.9 Å². The lowest BCUT2D eigenvalue weighted by molar-refractivity contribution is 0.550. The lowest BCUT2D eigenvalue weighted by Gasteiger charge is -2.03. The van der Waals surface area contributed by atoms with E-state index in [1.54, 1.807) is 0 Å². The number of H-pyrrole nitrogens is 1. The van der Waals surface area contributed by atoms with Crippen molar-refractivity contribution < 1.29 is 0 Å². The van der Waals surface area contributed by atoms with Crippen LogP contribution in [0.4, 0.5) is 5.69 Å². The van der Waals surface area contributed by atoms with Crippen molar-refractivity contribution in [1.29, 1.82) is 0 Å². The van der Waals surface area contributed by atoms with Crippen LogP contribution in [0.5, 0.6) is 0 Å². The molecule has 0 spiro atoms. The molecule has 5 nitrogen and oxygen atoms in total. The Morgan fingerprint density at radius 3 is 2.79 bits per heavy atom. The first-order valence-corrected chi connectivity index (χ1v) is 6.72. The molecular weight excluding hydrogens is 264 g/mol. The molecule has 19 heavy (non-hydrogen) atoms. The molecule has 0 fully saturated rings. The minimum Gasteiger partial charge on any atom is -0.378 e. The molecule has 0 aliphatic heterocycles. The zero-order valence-electron chi connectivity index (χ0n) is 10.8. The average Bonchev–Trinajstić information content (AvgIpc) is 2.76. The minimum absolute atomic E-state index is 0.152. The molecule has 0 amide bonds. The third-order valence-electron chi connectivity index (χ3n) is 2.75. The van der Waals surface area contributed by atoms with Crippen LogP contribution in [0.15, 0.2) is 29.1 Å². The van der Waals surface area contributed by atoms with Crippen LogP contribution < -0.4 is 11.0 Å². The van der Waals surface area contributed by atoms with Crippen molar-refractivity contribution in [2.24, 2.45) is 0 Å². The van der Waals surface area contributed by atoms with E-state index in [0.717, 1.165) is 18.5 Å². The Kier molecular flexibility index (Phi) is 4.63. The third kappa shape index (κ3) is 3.86. The number of anilines is 1. The molecule has 0 bridgehead atoms. The van der Waals surface area contributed by atoms with Crippen LogP contribution in [0.3, 0.4) is 0 Å². The van der Waals surface area contributed by atoms with Crippen LogP contribution in [0.2, 0.25) is 5.02 Å². The normalized spacial score (nSPS) is 10.6. The van der Waals surface area contributed by atoms with E-state index in [9.17, 15) is 4.79 Å². The Bertz CT molecular complexity index is 573. The maximum Gasteiger partial charge on any atom is 0.343 e. The van der Waals surface area contributed by atoms with Gasteiger partial charge in [-0.05, 0) is 30.7 Å². The number of nitrogens with one attached hydrogen (secondary N) is 2. The fourth-order valence-corrected chi connectivity index (χ4v) is 1.82. The van der Waals surface area contributed by atoms with Gasteiger partial charge in [0.15, 0.2) is 0 Å². The Morgan fingerprint density at radius 2 is 2.11 bits per heavy atom. The topological polar surface area (TPSA) is 62.7 Å². The van der Waals surface area contributed by atoms with Gasteiger partial charge in [0.2, 0.25) is 0 Å². The van der Waals surface area contributed by atoms with E-state index in [4.69, 9.17) is 11.6 Å². The summed E-state index contributed by atoms with van der Waals surface area (Å²) in [6.07, 6.45) is 1.99. The highest BCUT2D eigenvalue weighted by Gasteiger charge is 2.04. The highest BCUT2D eigenvalue weighted by Crippen LogP contribution is 2.13. The van der Waals surface area contributed by atoms with Gasteiger partial charge in [-0.3, -0.25) is 4.98 Å². The third-order valence-corrected chi connectivity index (χ3v) is 3.01. The number of aromatic nitrogens is 3. The van der Waals surface area contributed by atoms with Crippen molar-refractivity contribution in [2.45, 2.75) is 32.9 Å². The number of nitrogens with zero attached hydrogens (tertiary/aromatic N) is 2. The highest BCUT2D eigenvalue weighted by molar-refractivity contribution is 6.30. The molecule has 102 valence electrons. The van der Waals surface area contributed by atoms with Crippen molar-refractivity contribution in [2.75, 3.05) is 5.32 Å². The average molecular weight is 281 g/mol. The monoisotopic (exact) mass is 280 g/mol. The summed E-state index contributed by atoms with van der Waals surface area (Å²) in [5.41, 5.74) is 0.787. The predicted molar refractivity (Wildman–Crippen MR) is 76.5 cm³/mol. The minimum atomic E-state index is -0.152. The second-order valence-corrected chi connectivity index (χ2v) is 4.75. The fraction of sp³-hybridized carbons (Fsp3) is 0.385. The number of unbranched alkanes of at least 4 members (excludes halogenated alkanes) is 1. The predicted octanol–water partition coefficient (Wildman–Crippen LogP) is 2.64. The summed E-state index contributed by atoms with van der Waals surface area (Å²) in [5, 5.41) is 8.12. The maximum atomic E-state index is 11.6. The number of benzene rings is 1. The zero-order chi connectivity index (χ0) is 13.7. The van der Waals surface area contributed by atoms with Crippen LogP contribution in [0.25, 0.3) is 0 Å². The van der Waals surface area contributed by atoms with Crippen LogP contribution in [0.1, 0.15) is 25.6 Å². The number of aryl methyl sites for hydroxylation is 1. The van der Waals surface area contributed by atoms with E-state index in [1.165, 1.54) is 4.68 Å². The van der Waals surface area contributed by atoms with E-state index in [1.807, 2.05) is 24.3 Å². The van der Waals surface area contributed by atoms with Gasteiger partial charge in [-0.25, -0.2) is 9.48 Å². The molecule has 0 aliphatic rings. The van der Waals surface area contributed by atoms with E-state index < -0.39 is 0 Å². The molecule has 6 heteroatoms. The number of rotatable bonds is 6. The van der Waals surface area contributed by atoms with Crippen molar-refractivity contribution >= 4 is 17.3 Å². The van der Waals surface area contributed by atoms with Gasteiger partial charge in [-0.15, -0.1) is 0 Å². The lowest BCUT2D eigenvalue weighted by Crippen LogP contribution is -2.17. The molecule has 1 aromatic heterocycles. The van der Waals surface area contributed by atoms with Crippen LogP contribution in [-0.2, 0) is 13.1 Å². The molecule has 0 saturated heterocycles. The smallest absolute Gasteiger partial charge is 0.343 e. The molecule has 0 atom stereocenters. The SMILES string of the molecule is CCCCn1nc(CNc2ccc(Cl)cc2)[nH]c1=O. The van der Waals surface area contributed by atoms with Gasteiger partial charge in [0.05, 0.1) is 6.54 Å². The fourth-order valence-electron chi connectivity index (χ4n) is 1.70. The molecule has 0 unspecified atom stereocenters. The molecule has 0 aliphatic carbocycles. The highest BCUT2D eigenvalue weighted by atomic mass is 35.5. The second-order valence-electron chi connectivity index (χ2n) is 4.31. The Hall–Kier alpha value is -1.75. The van der Waals surface area contributed by atoms with Gasteiger partial charge in [0.25, 0.3) is 0 Å². The van der Waals surface area contributed by atoms with Gasteiger partial charge in [0.1, 0.15) is 5.82 Å². The van der Waals surface area contributed by atoms with E-state index in [-0.39, 0.29) is 5.69 Å². The summed E-state index contributed by atoms with van der Waals surface area (Å²) in [7, 11) is 0. The van der Waals surface area contributed by atoms with Gasteiger partial charge >= 0.3 is 5.69 Å². The molecule has 0 radical (unpaired) electrons. The summed E-state index contributed by atoms with van der Waals surface area (Å²) in [4.78, 5) is 14.3. The van der Waals surface area contributed by atoms with Crippen molar-refractivity contribution in [3.63, 3.8) is 0 Å². The summed E-state index contributed by atoms with van der Waals surface area (Å²) >= 11 is 5.81. The molecule has 0 saturated carbocycles. The molecule has 1 heterocycles. The van der Waals surface area contributed by atoms with E-state index in [0.29, 0.717) is 23.9 Å². The van der Waals surface area contributed by atoms with Gasteiger partial charge in [-0.2, -0.15) is 5.10 Å². The molecule has 1 aromatic carbocycles. The summed E-state index contributed by atoms with van der Waals surface area (Å²) in [5.74, 6) is 0.635. The number of aromatic amines is 1. The van der Waals surface area contributed by atoms with E-state index in [2.05, 4.69) is 22.3 Å². The Labute approximate surface area is 116 Å². The maximum absolute atomic E-state index is 11.6. The first-order chi connectivity index (χ1) is 9.19. The largest absolute Gasteiger partial charge is 0.378 e. The van der Waals surface area contributed by atoms with Crippen molar-refractivity contribution in [1.82, 2.24) is 14.8 Å². The summed E-state index contributed by atoms with van der Waals surface area (Å²) in [6.45, 7) is 3.23. The Balaban J connectivity index is 1.96. The van der Waals surface area contributed by atoms with Crippen LogP contribution >= 0.6 is 11.6 Å². The first kappa shape index (κ1) is 13.7. The van der Waals surface area contributed by atoms with Crippen LogP contribution in [-0.4, -0.2) is 14.8 Å². The van der Waals surface area contributed by atoms with E-state index >= 15 is 0 Å². The summed E-state index contributed by atoms with van der Waals surface area (Å²) in [6, 6.07) is 7.39. The quantitative estimate of drug-likeness (QED) is 0.855. The number of halogens is 1. The first-order valence-electron chi connectivity index (χ1n) is 6.34. The Morgan fingerprint density at radius 1 is 1.37 bits per heavy atom. The van der Waals surface area contributed by atoms with Crippen LogP contribution in [0, 0.1) is 0 Å².